The van der Waals surface area contributed by atoms with Crippen LogP contribution in [0.15, 0.2) is 36.9 Å². The number of unbranched alkanes of at least 4 members (excludes halogenated alkanes) is 2. The lowest BCUT2D eigenvalue weighted by Gasteiger charge is -2.11. The van der Waals surface area contributed by atoms with Crippen molar-refractivity contribution in [2.45, 2.75) is 46.1 Å². The summed E-state index contributed by atoms with van der Waals surface area (Å²) in [5.74, 6) is 1.68. The van der Waals surface area contributed by atoms with Gasteiger partial charge in [-0.3, -0.25) is 4.79 Å². The summed E-state index contributed by atoms with van der Waals surface area (Å²) in [6.07, 6.45) is 5.46. The van der Waals surface area contributed by atoms with Gasteiger partial charge in [-0.25, -0.2) is 4.98 Å². The largest absolute Gasteiger partial charge is 0.353 e. The van der Waals surface area contributed by atoms with E-state index in [-0.39, 0.29) is 5.91 Å². The van der Waals surface area contributed by atoms with E-state index in [1.165, 1.54) is 17.4 Å². The van der Waals surface area contributed by atoms with Crippen LogP contribution in [-0.4, -0.2) is 22.0 Å². The molecule has 1 aromatic carbocycles. The highest BCUT2D eigenvalue weighted by molar-refractivity contribution is 5.86. The Balaban J connectivity index is 1.91. The van der Waals surface area contributed by atoms with Gasteiger partial charge >= 0.3 is 0 Å². The van der Waals surface area contributed by atoms with Crippen molar-refractivity contribution in [1.82, 2.24) is 14.9 Å². The number of carbonyl (C=O) groups excluding carboxylic acids is 1. The van der Waals surface area contributed by atoms with Crippen molar-refractivity contribution in [2.75, 3.05) is 6.54 Å². The summed E-state index contributed by atoms with van der Waals surface area (Å²) in [7, 11) is 0. The number of para-hydroxylation sites is 2. The Hall–Kier alpha value is -2.10. The molecule has 2 rings (SSSR count). The molecule has 0 aliphatic heterocycles. The van der Waals surface area contributed by atoms with Crippen LogP contribution in [0, 0.1) is 5.92 Å². The second kappa shape index (κ2) is 8.51. The molecule has 0 aliphatic rings. The minimum absolute atomic E-state index is 0.0938. The molecule has 1 aromatic heterocycles. The van der Waals surface area contributed by atoms with Crippen LogP contribution in [0.4, 0.5) is 0 Å². The molecule has 124 valence electrons. The molecule has 0 atom stereocenters. The minimum Gasteiger partial charge on any atom is -0.353 e. The van der Waals surface area contributed by atoms with Crippen molar-refractivity contribution in [3.63, 3.8) is 0 Å². The van der Waals surface area contributed by atoms with E-state index in [0.29, 0.717) is 12.5 Å². The number of hydrogen-bond donors (Lipinski definition) is 1. The Labute approximate surface area is 138 Å². The van der Waals surface area contributed by atoms with Crippen molar-refractivity contribution >= 4 is 16.9 Å². The number of fused-ring (bicyclic) bond motifs is 1. The first-order valence-corrected chi connectivity index (χ1v) is 8.46. The Morgan fingerprint density at radius 1 is 1.30 bits per heavy atom. The Kier molecular flexibility index (Phi) is 6.39. The summed E-state index contributed by atoms with van der Waals surface area (Å²) >= 11 is 0. The van der Waals surface area contributed by atoms with Crippen LogP contribution in [0.5, 0.6) is 0 Å². The van der Waals surface area contributed by atoms with Crippen LogP contribution in [0.25, 0.3) is 11.0 Å². The molecule has 0 unspecified atom stereocenters. The van der Waals surface area contributed by atoms with Gasteiger partial charge < -0.3 is 9.88 Å². The molecular formula is C19H27N3O. The highest BCUT2D eigenvalue weighted by Crippen LogP contribution is 2.19. The lowest BCUT2D eigenvalue weighted by atomic mass is 10.1. The second-order valence-corrected chi connectivity index (χ2v) is 6.33. The quantitative estimate of drug-likeness (QED) is 0.567. The van der Waals surface area contributed by atoms with Gasteiger partial charge in [0.05, 0.1) is 11.0 Å². The topological polar surface area (TPSA) is 46.9 Å². The first kappa shape index (κ1) is 17.3. The maximum atomic E-state index is 11.1. The molecule has 23 heavy (non-hydrogen) atoms. The predicted molar refractivity (Wildman–Crippen MR) is 95.3 cm³/mol. The SMILES string of the molecule is C=CC(=O)NCCCCCc1nc2ccccc2n1CC(C)C. The summed E-state index contributed by atoms with van der Waals surface area (Å²) < 4.78 is 2.36. The van der Waals surface area contributed by atoms with E-state index >= 15 is 0 Å². The number of nitrogens with one attached hydrogen (secondary N) is 1. The van der Waals surface area contributed by atoms with Crippen LogP contribution in [0.3, 0.4) is 0 Å². The maximum absolute atomic E-state index is 11.1. The number of hydrogen-bond acceptors (Lipinski definition) is 2. The van der Waals surface area contributed by atoms with Gasteiger partial charge in [0.2, 0.25) is 5.91 Å². The Morgan fingerprint density at radius 2 is 2.09 bits per heavy atom. The number of carbonyl (C=O) groups is 1. The van der Waals surface area contributed by atoms with Crippen molar-refractivity contribution in [2.24, 2.45) is 5.92 Å². The van der Waals surface area contributed by atoms with Crippen LogP contribution in [0.2, 0.25) is 0 Å². The number of amides is 1. The summed E-state index contributed by atoms with van der Waals surface area (Å²) in [5, 5.41) is 2.81. The number of benzene rings is 1. The lowest BCUT2D eigenvalue weighted by Crippen LogP contribution is -2.21. The van der Waals surface area contributed by atoms with Gasteiger partial charge in [-0.15, -0.1) is 0 Å². The molecule has 4 heteroatoms. The van der Waals surface area contributed by atoms with Gasteiger partial charge in [0.15, 0.2) is 0 Å². The Bertz CT molecular complexity index is 658. The summed E-state index contributed by atoms with van der Waals surface area (Å²) in [4.78, 5) is 15.9. The maximum Gasteiger partial charge on any atom is 0.243 e. The van der Waals surface area contributed by atoms with Gasteiger partial charge in [0.1, 0.15) is 5.82 Å². The van der Waals surface area contributed by atoms with Crippen LogP contribution < -0.4 is 5.32 Å². The summed E-state index contributed by atoms with van der Waals surface area (Å²) in [6, 6.07) is 8.35. The monoisotopic (exact) mass is 313 g/mol. The first-order chi connectivity index (χ1) is 11.1. The zero-order chi connectivity index (χ0) is 16.7. The molecular weight excluding hydrogens is 286 g/mol. The number of imidazole rings is 1. The zero-order valence-corrected chi connectivity index (χ0v) is 14.2. The van der Waals surface area contributed by atoms with E-state index < -0.39 is 0 Å². The van der Waals surface area contributed by atoms with E-state index in [2.05, 4.69) is 48.5 Å². The van der Waals surface area contributed by atoms with Crippen molar-refractivity contribution in [3.05, 3.63) is 42.7 Å². The normalized spacial score (nSPS) is 11.1. The summed E-state index contributed by atoms with van der Waals surface area (Å²) in [6.45, 7) is 9.64. The minimum atomic E-state index is -0.0938. The molecule has 1 heterocycles. The average Bonchev–Trinajstić information content (AvgIpc) is 2.87. The van der Waals surface area contributed by atoms with Gasteiger partial charge in [-0.05, 0) is 37.0 Å². The fourth-order valence-electron chi connectivity index (χ4n) is 2.75. The standard InChI is InChI=1S/C19H27N3O/c1-4-19(23)20-13-9-5-6-12-18-21-16-10-7-8-11-17(16)22(18)14-15(2)3/h4,7-8,10-11,15H,1,5-6,9,12-14H2,2-3H3,(H,20,23). The third kappa shape index (κ3) is 4.95. The molecule has 0 saturated heterocycles. The number of aromatic nitrogens is 2. The van der Waals surface area contributed by atoms with Crippen molar-refractivity contribution in [1.29, 1.82) is 0 Å². The lowest BCUT2D eigenvalue weighted by molar-refractivity contribution is -0.116. The number of aryl methyl sites for hydroxylation is 1. The van der Waals surface area contributed by atoms with Crippen molar-refractivity contribution < 1.29 is 4.79 Å². The van der Waals surface area contributed by atoms with E-state index in [1.807, 2.05) is 6.07 Å². The van der Waals surface area contributed by atoms with E-state index in [0.717, 1.165) is 37.7 Å². The van der Waals surface area contributed by atoms with Crippen LogP contribution >= 0.6 is 0 Å². The molecule has 0 radical (unpaired) electrons. The predicted octanol–water partition coefficient (Wildman–Crippen LogP) is 3.71. The van der Waals surface area contributed by atoms with Crippen molar-refractivity contribution in [3.8, 4) is 0 Å². The van der Waals surface area contributed by atoms with E-state index in [4.69, 9.17) is 4.98 Å². The summed E-state index contributed by atoms with van der Waals surface area (Å²) in [5.41, 5.74) is 2.32. The molecule has 0 fully saturated rings. The van der Waals surface area contributed by atoms with E-state index in [9.17, 15) is 4.79 Å². The fourth-order valence-corrected chi connectivity index (χ4v) is 2.75. The van der Waals surface area contributed by atoms with Crippen LogP contribution in [0.1, 0.15) is 38.9 Å². The zero-order valence-electron chi connectivity index (χ0n) is 14.2. The van der Waals surface area contributed by atoms with E-state index in [1.54, 1.807) is 0 Å². The molecule has 1 N–H and O–H groups in total. The Morgan fingerprint density at radius 3 is 2.83 bits per heavy atom. The molecule has 0 spiro atoms. The van der Waals surface area contributed by atoms with Gasteiger partial charge in [-0.2, -0.15) is 0 Å². The second-order valence-electron chi connectivity index (χ2n) is 6.33. The molecule has 0 saturated carbocycles. The van der Waals surface area contributed by atoms with Gasteiger partial charge in [0, 0.05) is 19.5 Å². The van der Waals surface area contributed by atoms with Crippen LogP contribution in [-0.2, 0) is 17.8 Å². The first-order valence-electron chi connectivity index (χ1n) is 8.46. The number of rotatable bonds is 9. The molecule has 4 nitrogen and oxygen atoms in total. The molecule has 0 bridgehead atoms. The third-order valence-corrected chi connectivity index (χ3v) is 3.84. The number of nitrogens with zero attached hydrogens (tertiary/aromatic N) is 2. The van der Waals surface area contributed by atoms with Gasteiger partial charge in [-0.1, -0.05) is 39.0 Å². The average molecular weight is 313 g/mol. The fraction of sp³-hybridized carbons (Fsp3) is 0.474. The smallest absolute Gasteiger partial charge is 0.243 e. The highest BCUT2D eigenvalue weighted by Gasteiger charge is 2.11. The molecule has 1 amide bonds. The highest BCUT2D eigenvalue weighted by atomic mass is 16.1. The third-order valence-electron chi connectivity index (χ3n) is 3.84. The molecule has 0 aliphatic carbocycles. The van der Waals surface area contributed by atoms with Gasteiger partial charge in [0.25, 0.3) is 0 Å². The molecule has 2 aromatic rings.